The Hall–Kier alpha value is -1.38. The summed E-state index contributed by atoms with van der Waals surface area (Å²) in [4.78, 5) is 24.2. The van der Waals surface area contributed by atoms with Crippen LogP contribution < -0.4 is 0 Å². The maximum atomic E-state index is 12.1. The summed E-state index contributed by atoms with van der Waals surface area (Å²) < 4.78 is 5.03. The highest BCUT2D eigenvalue weighted by molar-refractivity contribution is 6.01. The lowest BCUT2D eigenvalue weighted by atomic mass is 9.84. The summed E-state index contributed by atoms with van der Waals surface area (Å²) in [5.74, 6) is -0.873. The number of esters is 2. The highest BCUT2D eigenvalue weighted by Gasteiger charge is 2.24. The number of hydrogen-bond acceptors (Lipinski definition) is 3. The van der Waals surface area contributed by atoms with E-state index in [-0.39, 0.29) is 5.92 Å². The third-order valence-corrected chi connectivity index (χ3v) is 5.88. The normalized spacial score (nSPS) is 15.4. The first-order valence-electron chi connectivity index (χ1n) is 11.7. The average Bonchev–Trinajstić information content (AvgIpc) is 2.71. The molecule has 3 nitrogen and oxygen atoms in total. The van der Waals surface area contributed by atoms with Gasteiger partial charge in [0.2, 0.25) is 0 Å². The Balaban J connectivity index is 2.11. The maximum absolute atomic E-state index is 12.1. The zero-order valence-electron chi connectivity index (χ0n) is 18.4. The lowest BCUT2D eigenvalue weighted by molar-refractivity contribution is -0.154. The zero-order valence-corrected chi connectivity index (χ0v) is 18.4. The lowest BCUT2D eigenvalue weighted by Gasteiger charge is -2.22. The molecule has 0 aromatic rings. The third kappa shape index (κ3) is 10.8. The first-order chi connectivity index (χ1) is 13.6. The van der Waals surface area contributed by atoms with Crippen LogP contribution in [-0.2, 0) is 14.3 Å². The number of rotatable bonds is 14. The Morgan fingerprint density at radius 1 is 0.857 bits per heavy atom. The molecule has 0 bridgehead atoms. The van der Waals surface area contributed by atoms with Crippen molar-refractivity contribution in [2.45, 2.75) is 117 Å². The molecule has 0 amide bonds. The molecule has 160 valence electrons. The van der Waals surface area contributed by atoms with Crippen molar-refractivity contribution < 1.29 is 14.3 Å². The molecule has 0 atom stereocenters. The zero-order chi connectivity index (χ0) is 20.6. The van der Waals surface area contributed by atoms with Crippen molar-refractivity contribution in [2.24, 2.45) is 5.92 Å². The number of ether oxygens (including phenoxy) is 1. The number of carbonyl (C=O) groups excluding carboxylic acids is 2. The summed E-state index contributed by atoms with van der Waals surface area (Å²) in [6.07, 6.45) is 21.2. The molecule has 1 aliphatic rings. The van der Waals surface area contributed by atoms with Crippen LogP contribution in [0, 0.1) is 5.92 Å². The van der Waals surface area contributed by atoms with Crippen LogP contribution in [0.1, 0.15) is 117 Å². The fourth-order valence-corrected chi connectivity index (χ4v) is 3.88. The molecule has 0 aliphatic heterocycles. The van der Waals surface area contributed by atoms with Crippen LogP contribution in [0.4, 0.5) is 0 Å². The molecule has 0 radical (unpaired) electrons. The molecule has 0 aromatic carbocycles. The van der Waals surface area contributed by atoms with Gasteiger partial charge in [-0.15, -0.1) is 0 Å². The van der Waals surface area contributed by atoms with Gasteiger partial charge in [-0.05, 0) is 38.5 Å². The molecule has 0 unspecified atom stereocenters. The molecule has 0 heterocycles. The topological polar surface area (TPSA) is 43.4 Å². The van der Waals surface area contributed by atoms with Gasteiger partial charge >= 0.3 is 11.9 Å². The molecular formula is C25H42O3. The third-order valence-electron chi connectivity index (χ3n) is 5.88. The van der Waals surface area contributed by atoms with Gasteiger partial charge in [0.15, 0.2) is 0 Å². The monoisotopic (exact) mass is 390 g/mol. The van der Waals surface area contributed by atoms with Crippen molar-refractivity contribution in [2.75, 3.05) is 0 Å². The number of allylic oxidation sites excluding steroid dienone is 1. The Morgan fingerprint density at radius 3 is 1.96 bits per heavy atom. The van der Waals surface area contributed by atoms with Gasteiger partial charge in [-0.2, -0.15) is 0 Å². The van der Waals surface area contributed by atoms with Gasteiger partial charge in [0.05, 0.1) is 0 Å². The van der Waals surface area contributed by atoms with Crippen LogP contribution in [0.3, 0.4) is 0 Å². The van der Waals surface area contributed by atoms with E-state index in [4.69, 9.17) is 4.74 Å². The van der Waals surface area contributed by atoms with E-state index >= 15 is 0 Å². The summed E-state index contributed by atoms with van der Waals surface area (Å²) >= 11 is 0. The van der Waals surface area contributed by atoms with E-state index in [9.17, 15) is 9.59 Å². The maximum Gasteiger partial charge on any atom is 0.341 e. The lowest BCUT2D eigenvalue weighted by Crippen LogP contribution is -2.20. The molecule has 0 aromatic heterocycles. The first-order valence-corrected chi connectivity index (χ1v) is 11.7. The average molecular weight is 391 g/mol. The Kier molecular flexibility index (Phi) is 13.7. The number of hydrogen-bond donors (Lipinski definition) is 0. The van der Waals surface area contributed by atoms with Crippen LogP contribution >= 0.6 is 0 Å². The molecule has 0 saturated heterocycles. The van der Waals surface area contributed by atoms with Crippen molar-refractivity contribution in [1.82, 2.24) is 0 Å². The fraction of sp³-hybridized carbons (Fsp3) is 0.760. The molecule has 0 N–H and O–H groups in total. The van der Waals surface area contributed by atoms with Crippen LogP contribution in [0.15, 0.2) is 23.8 Å². The van der Waals surface area contributed by atoms with Gasteiger partial charge in [0, 0.05) is 11.1 Å². The van der Waals surface area contributed by atoms with Crippen LogP contribution in [-0.4, -0.2) is 11.9 Å². The second-order valence-corrected chi connectivity index (χ2v) is 8.39. The molecule has 0 spiro atoms. The van der Waals surface area contributed by atoms with E-state index < -0.39 is 11.9 Å². The van der Waals surface area contributed by atoms with Gasteiger partial charge in [0.1, 0.15) is 0 Å². The van der Waals surface area contributed by atoms with E-state index in [1.807, 2.05) is 6.08 Å². The molecule has 1 saturated carbocycles. The largest absolute Gasteiger partial charge is 0.386 e. The molecule has 28 heavy (non-hydrogen) atoms. The van der Waals surface area contributed by atoms with Crippen molar-refractivity contribution in [3.8, 4) is 0 Å². The summed E-state index contributed by atoms with van der Waals surface area (Å²) in [7, 11) is 0. The Labute approximate surface area is 173 Å². The van der Waals surface area contributed by atoms with E-state index in [0.29, 0.717) is 11.1 Å². The standard InChI is InChI=1S/C25H42O3/c1-4-5-6-7-8-9-10-11-12-13-15-18-21(2)24(26)28-25(27)22(3)23-19-16-14-17-20-23/h18,23H,3-17,19-20H2,1-2H3. The van der Waals surface area contributed by atoms with Gasteiger partial charge < -0.3 is 4.74 Å². The van der Waals surface area contributed by atoms with E-state index in [2.05, 4.69) is 13.5 Å². The van der Waals surface area contributed by atoms with Crippen LogP contribution in [0.25, 0.3) is 0 Å². The Morgan fingerprint density at radius 2 is 1.39 bits per heavy atom. The minimum Gasteiger partial charge on any atom is -0.386 e. The summed E-state index contributed by atoms with van der Waals surface area (Å²) in [6, 6.07) is 0. The van der Waals surface area contributed by atoms with Crippen molar-refractivity contribution in [3.05, 3.63) is 23.8 Å². The van der Waals surface area contributed by atoms with Crippen molar-refractivity contribution in [3.63, 3.8) is 0 Å². The second kappa shape index (κ2) is 15.5. The molecular weight excluding hydrogens is 348 g/mol. The van der Waals surface area contributed by atoms with Crippen molar-refractivity contribution in [1.29, 1.82) is 0 Å². The fourth-order valence-electron chi connectivity index (χ4n) is 3.88. The van der Waals surface area contributed by atoms with Crippen molar-refractivity contribution >= 4 is 11.9 Å². The minimum absolute atomic E-state index is 0.185. The first kappa shape index (κ1) is 24.7. The van der Waals surface area contributed by atoms with E-state index in [1.54, 1.807) is 6.92 Å². The SMILES string of the molecule is C=C(C(=O)OC(=O)C(C)=CCCCCCCCCCCCC)C1CCCCC1. The molecule has 3 heteroatoms. The second-order valence-electron chi connectivity index (χ2n) is 8.39. The van der Waals surface area contributed by atoms with E-state index in [0.717, 1.165) is 38.5 Å². The Bertz CT molecular complexity index is 498. The predicted molar refractivity (Wildman–Crippen MR) is 117 cm³/mol. The molecule has 1 aliphatic carbocycles. The van der Waals surface area contributed by atoms with Gasteiger partial charge in [-0.3, -0.25) is 0 Å². The number of carbonyl (C=O) groups is 2. The number of unbranched alkanes of at least 4 members (excludes halogenated alkanes) is 10. The minimum atomic E-state index is -0.538. The van der Waals surface area contributed by atoms with Crippen LogP contribution in [0.5, 0.6) is 0 Å². The van der Waals surface area contributed by atoms with Crippen LogP contribution in [0.2, 0.25) is 0 Å². The molecule has 1 fully saturated rings. The smallest absolute Gasteiger partial charge is 0.341 e. The quantitative estimate of drug-likeness (QED) is 0.134. The molecule has 1 rings (SSSR count). The summed E-state index contributed by atoms with van der Waals surface area (Å²) in [6.45, 7) is 7.86. The van der Waals surface area contributed by atoms with Gasteiger partial charge in [0.25, 0.3) is 0 Å². The highest BCUT2D eigenvalue weighted by Crippen LogP contribution is 2.29. The summed E-state index contributed by atoms with van der Waals surface area (Å²) in [5, 5.41) is 0. The van der Waals surface area contributed by atoms with Gasteiger partial charge in [-0.25, -0.2) is 9.59 Å². The van der Waals surface area contributed by atoms with E-state index in [1.165, 1.54) is 64.2 Å². The summed E-state index contributed by atoms with van der Waals surface area (Å²) in [5.41, 5.74) is 0.997. The predicted octanol–water partition coefficient (Wildman–Crippen LogP) is 7.45. The highest BCUT2D eigenvalue weighted by atomic mass is 16.6. The van der Waals surface area contributed by atoms with Gasteiger partial charge in [-0.1, -0.05) is 96.6 Å².